The van der Waals surface area contributed by atoms with Crippen molar-refractivity contribution in [3.63, 3.8) is 0 Å². The van der Waals surface area contributed by atoms with Crippen LogP contribution in [0.1, 0.15) is 41.0 Å². The van der Waals surface area contributed by atoms with Gasteiger partial charge in [-0.1, -0.05) is 40.7 Å². The molecule has 1 heterocycles. The molecular weight excluding hydrogens is 158 g/mol. The average Bonchev–Trinajstić information content (AvgIpc) is 2.09. The molecule has 1 unspecified atom stereocenters. The van der Waals surface area contributed by atoms with Gasteiger partial charge in [-0.15, -0.1) is 0 Å². The molecule has 1 rings (SSSR count). The zero-order chi connectivity index (χ0) is 10.1. The molecule has 0 saturated carbocycles. The molecule has 0 fully saturated rings. The Morgan fingerprint density at radius 1 is 1.23 bits per heavy atom. The minimum Gasteiger partial charge on any atom is -0.391 e. The van der Waals surface area contributed by atoms with Crippen LogP contribution in [0.5, 0.6) is 0 Å². The third-order valence-corrected chi connectivity index (χ3v) is 3.41. The highest BCUT2D eigenvalue weighted by molar-refractivity contribution is 5.02. The molecule has 1 nitrogen and oxygen atoms in total. The van der Waals surface area contributed by atoms with Crippen molar-refractivity contribution >= 4 is 0 Å². The summed E-state index contributed by atoms with van der Waals surface area (Å²) in [4.78, 5) is 0. The Morgan fingerprint density at radius 2 is 1.85 bits per heavy atom. The summed E-state index contributed by atoms with van der Waals surface area (Å²) in [6.07, 6.45) is 5.68. The van der Waals surface area contributed by atoms with E-state index in [1.165, 1.54) is 6.42 Å². The lowest BCUT2D eigenvalue weighted by atomic mass is 9.69. The monoisotopic (exact) mass is 181 g/mol. The van der Waals surface area contributed by atoms with E-state index in [2.05, 4.69) is 52.2 Å². The lowest BCUT2D eigenvalue weighted by Crippen LogP contribution is -2.35. The predicted molar refractivity (Wildman–Crippen MR) is 58.5 cm³/mol. The Labute approximate surface area is 82.6 Å². The van der Waals surface area contributed by atoms with Crippen molar-refractivity contribution in [3.05, 3.63) is 12.3 Å². The van der Waals surface area contributed by atoms with Gasteiger partial charge in [0.25, 0.3) is 0 Å². The molecule has 1 atom stereocenters. The Balaban J connectivity index is 2.81. The fraction of sp³-hybridized carbons (Fsp3) is 0.833. The smallest absolute Gasteiger partial charge is 0.0198 e. The van der Waals surface area contributed by atoms with Gasteiger partial charge >= 0.3 is 0 Å². The number of rotatable bonds is 1. The molecule has 0 amide bonds. The van der Waals surface area contributed by atoms with Crippen LogP contribution in [0.15, 0.2) is 12.3 Å². The van der Waals surface area contributed by atoms with E-state index in [0.717, 1.165) is 12.5 Å². The van der Waals surface area contributed by atoms with Crippen LogP contribution in [0.2, 0.25) is 0 Å². The van der Waals surface area contributed by atoms with Crippen molar-refractivity contribution in [2.75, 3.05) is 6.54 Å². The summed E-state index contributed by atoms with van der Waals surface area (Å²) in [5, 5.41) is 3.39. The van der Waals surface area contributed by atoms with Crippen molar-refractivity contribution in [3.8, 4) is 0 Å². The highest BCUT2D eigenvalue weighted by atomic mass is 14.9. The molecule has 0 radical (unpaired) electrons. The maximum Gasteiger partial charge on any atom is 0.0198 e. The first kappa shape index (κ1) is 10.6. The third-order valence-electron chi connectivity index (χ3n) is 3.41. The van der Waals surface area contributed by atoms with Crippen LogP contribution in [0, 0.1) is 16.7 Å². The molecule has 0 aliphatic carbocycles. The van der Waals surface area contributed by atoms with E-state index < -0.39 is 0 Å². The Hall–Kier alpha value is -0.460. The average molecular weight is 181 g/mol. The SMILES string of the molecule is CC(C)C1(C)CNC=CC(C)(C)C1. The standard InChI is InChI=1S/C12H23N/c1-10(2)12(5)8-11(3,4)6-7-13-9-12/h6-7,10,13H,8-9H2,1-5H3. The maximum absolute atomic E-state index is 3.39. The van der Waals surface area contributed by atoms with Crippen molar-refractivity contribution in [1.29, 1.82) is 0 Å². The number of allylic oxidation sites excluding steroid dienone is 1. The second-order valence-corrected chi connectivity index (χ2v) is 5.69. The van der Waals surface area contributed by atoms with Crippen LogP contribution in [0.3, 0.4) is 0 Å². The van der Waals surface area contributed by atoms with Crippen LogP contribution in [0.25, 0.3) is 0 Å². The summed E-state index contributed by atoms with van der Waals surface area (Å²) in [6, 6.07) is 0. The third kappa shape index (κ3) is 2.49. The number of nitrogens with one attached hydrogen (secondary N) is 1. The van der Waals surface area contributed by atoms with Gasteiger partial charge in [0, 0.05) is 6.54 Å². The fourth-order valence-electron chi connectivity index (χ4n) is 2.15. The zero-order valence-corrected chi connectivity index (χ0v) is 9.65. The lowest BCUT2D eigenvalue weighted by Gasteiger charge is -2.37. The number of hydrogen-bond donors (Lipinski definition) is 1. The van der Waals surface area contributed by atoms with Gasteiger partial charge in [-0.05, 0) is 29.4 Å². The molecule has 13 heavy (non-hydrogen) atoms. The van der Waals surface area contributed by atoms with Gasteiger partial charge in [-0.2, -0.15) is 0 Å². The van der Waals surface area contributed by atoms with E-state index in [0.29, 0.717) is 10.8 Å². The van der Waals surface area contributed by atoms with Gasteiger partial charge < -0.3 is 5.32 Å². The van der Waals surface area contributed by atoms with Crippen LogP contribution in [-0.2, 0) is 0 Å². The molecule has 76 valence electrons. The molecular formula is C12H23N. The molecule has 1 aliphatic rings. The summed E-state index contributed by atoms with van der Waals surface area (Å²) < 4.78 is 0. The lowest BCUT2D eigenvalue weighted by molar-refractivity contribution is 0.152. The maximum atomic E-state index is 3.39. The second-order valence-electron chi connectivity index (χ2n) is 5.69. The molecule has 0 saturated heterocycles. The van der Waals surface area contributed by atoms with Crippen molar-refractivity contribution in [2.24, 2.45) is 16.7 Å². The zero-order valence-electron chi connectivity index (χ0n) is 9.65. The van der Waals surface area contributed by atoms with E-state index in [1.807, 2.05) is 0 Å². The molecule has 0 bridgehead atoms. The minimum atomic E-state index is 0.336. The summed E-state index contributed by atoms with van der Waals surface area (Å²) >= 11 is 0. The van der Waals surface area contributed by atoms with E-state index in [4.69, 9.17) is 0 Å². The van der Waals surface area contributed by atoms with Crippen LogP contribution in [-0.4, -0.2) is 6.54 Å². The van der Waals surface area contributed by atoms with Crippen LogP contribution in [0.4, 0.5) is 0 Å². The molecule has 1 heteroatoms. The highest BCUT2D eigenvalue weighted by Gasteiger charge is 2.34. The van der Waals surface area contributed by atoms with Crippen LogP contribution < -0.4 is 5.32 Å². The summed E-state index contributed by atoms with van der Waals surface area (Å²) in [5.74, 6) is 0.735. The van der Waals surface area contributed by atoms with Crippen LogP contribution >= 0.6 is 0 Å². The van der Waals surface area contributed by atoms with Crippen molar-refractivity contribution in [1.82, 2.24) is 5.32 Å². The molecule has 0 aromatic carbocycles. The fourth-order valence-corrected chi connectivity index (χ4v) is 2.15. The van der Waals surface area contributed by atoms with Gasteiger partial charge in [0.15, 0.2) is 0 Å². The van der Waals surface area contributed by atoms with Gasteiger partial charge in [0.05, 0.1) is 0 Å². The molecule has 1 N–H and O–H groups in total. The predicted octanol–water partition coefficient (Wildman–Crippen LogP) is 3.18. The Morgan fingerprint density at radius 3 is 2.38 bits per heavy atom. The Bertz CT molecular complexity index is 203. The minimum absolute atomic E-state index is 0.336. The largest absolute Gasteiger partial charge is 0.391 e. The van der Waals surface area contributed by atoms with E-state index in [-0.39, 0.29) is 0 Å². The van der Waals surface area contributed by atoms with Gasteiger partial charge in [-0.3, -0.25) is 0 Å². The highest BCUT2D eigenvalue weighted by Crippen LogP contribution is 2.40. The molecule has 0 aromatic rings. The van der Waals surface area contributed by atoms with E-state index in [9.17, 15) is 0 Å². The molecule has 0 spiro atoms. The van der Waals surface area contributed by atoms with Crippen molar-refractivity contribution < 1.29 is 0 Å². The summed E-state index contributed by atoms with van der Waals surface area (Å²) in [7, 11) is 0. The topological polar surface area (TPSA) is 12.0 Å². The van der Waals surface area contributed by atoms with Gasteiger partial charge in [0.2, 0.25) is 0 Å². The normalized spacial score (nSPS) is 32.8. The van der Waals surface area contributed by atoms with E-state index >= 15 is 0 Å². The second kappa shape index (κ2) is 3.36. The van der Waals surface area contributed by atoms with Crippen molar-refractivity contribution in [2.45, 2.75) is 41.0 Å². The first-order valence-electron chi connectivity index (χ1n) is 5.27. The quantitative estimate of drug-likeness (QED) is 0.655. The first-order chi connectivity index (χ1) is 5.86. The van der Waals surface area contributed by atoms with Gasteiger partial charge in [0.1, 0.15) is 0 Å². The summed E-state index contributed by atoms with van der Waals surface area (Å²) in [5.41, 5.74) is 0.759. The van der Waals surface area contributed by atoms with Gasteiger partial charge in [-0.25, -0.2) is 0 Å². The number of hydrogen-bond acceptors (Lipinski definition) is 1. The first-order valence-corrected chi connectivity index (χ1v) is 5.27. The molecule has 0 aromatic heterocycles. The summed E-state index contributed by atoms with van der Waals surface area (Å²) in [6.45, 7) is 12.8. The van der Waals surface area contributed by atoms with E-state index in [1.54, 1.807) is 0 Å². The Kier molecular flexibility index (Phi) is 2.74. The molecule has 1 aliphatic heterocycles.